The highest BCUT2D eigenvalue weighted by Gasteiger charge is 2.58. The van der Waals surface area contributed by atoms with E-state index in [1.807, 2.05) is 0 Å². The van der Waals surface area contributed by atoms with E-state index >= 15 is 0 Å². The van der Waals surface area contributed by atoms with Gasteiger partial charge < -0.3 is 10.1 Å². The van der Waals surface area contributed by atoms with Gasteiger partial charge in [0.05, 0.1) is 6.10 Å². The average molecular weight is 235 g/mol. The lowest BCUT2D eigenvalue weighted by Crippen LogP contribution is -2.66. The highest BCUT2D eigenvalue weighted by atomic mass is 16.5. The van der Waals surface area contributed by atoms with Crippen LogP contribution in [0, 0.1) is 17.3 Å². The second kappa shape index (κ2) is 4.40. The summed E-state index contributed by atoms with van der Waals surface area (Å²) in [5.41, 5.74) is 0.339. The summed E-state index contributed by atoms with van der Waals surface area (Å²) in [6, 6.07) is 0.681. The molecule has 0 bridgehead atoms. The first kappa shape index (κ1) is 11.7. The van der Waals surface area contributed by atoms with Crippen LogP contribution >= 0.6 is 0 Å². The van der Waals surface area contributed by atoms with E-state index in [4.69, 9.17) is 4.74 Å². The van der Waals surface area contributed by atoms with Gasteiger partial charge in [-0.25, -0.2) is 0 Å². The smallest absolute Gasteiger partial charge is 0.0685 e. The second-order valence-corrected chi connectivity index (χ2v) is 6.60. The van der Waals surface area contributed by atoms with Crippen molar-refractivity contribution in [2.24, 2.45) is 17.3 Å². The summed E-state index contributed by atoms with van der Waals surface area (Å²) in [4.78, 5) is 0. The zero-order chi connectivity index (χ0) is 11.9. The van der Waals surface area contributed by atoms with E-state index in [0.29, 0.717) is 17.6 Å². The average Bonchev–Trinajstić information content (AvgIpc) is 2.77. The van der Waals surface area contributed by atoms with Crippen molar-refractivity contribution in [1.29, 1.82) is 0 Å². The highest BCUT2D eigenvalue weighted by molar-refractivity contribution is 5.11. The topological polar surface area (TPSA) is 21.3 Å². The van der Waals surface area contributed by atoms with Crippen LogP contribution in [0.5, 0.6) is 0 Å². The molecule has 0 aromatic carbocycles. The Labute approximate surface area is 105 Å². The van der Waals surface area contributed by atoms with E-state index in [1.54, 1.807) is 0 Å². The molecule has 0 radical (unpaired) electrons. The number of allylic oxidation sites excluding steroid dienone is 2. The van der Waals surface area contributed by atoms with Gasteiger partial charge in [0.25, 0.3) is 0 Å². The van der Waals surface area contributed by atoms with Gasteiger partial charge in [0, 0.05) is 24.0 Å². The molecule has 2 nitrogen and oxygen atoms in total. The zero-order valence-electron chi connectivity index (χ0n) is 11.1. The van der Waals surface area contributed by atoms with Gasteiger partial charge in [-0.2, -0.15) is 0 Å². The monoisotopic (exact) mass is 235 g/mol. The lowest BCUT2D eigenvalue weighted by Gasteiger charge is -2.55. The molecular weight excluding hydrogens is 210 g/mol. The van der Waals surface area contributed by atoms with Crippen LogP contribution in [-0.4, -0.2) is 25.3 Å². The van der Waals surface area contributed by atoms with Crippen LogP contribution in [0.4, 0.5) is 0 Å². The predicted molar refractivity (Wildman–Crippen MR) is 69.9 cm³/mol. The van der Waals surface area contributed by atoms with Gasteiger partial charge in [0.1, 0.15) is 0 Å². The summed E-state index contributed by atoms with van der Waals surface area (Å²) in [7, 11) is 0. The van der Waals surface area contributed by atoms with E-state index in [0.717, 1.165) is 18.4 Å². The third kappa shape index (κ3) is 1.96. The minimum atomic E-state index is 0.339. The quantitative estimate of drug-likeness (QED) is 0.760. The Morgan fingerprint density at radius 3 is 2.94 bits per heavy atom. The number of rotatable bonds is 3. The minimum absolute atomic E-state index is 0.339. The summed E-state index contributed by atoms with van der Waals surface area (Å²) in [5, 5.41) is 3.84. The molecule has 4 atom stereocenters. The van der Waals surface area contributed by atoms with Gasteiger partial charge in [0.2, 0.25) is 0 Å². The molecule has 1 aliphatic heterocycles. The number of fused-ring (bicyclic) bond motifs is 1. The second-order valence-electron chi connectivity index (χ2n) is 6.60. The molecular formula is C15H25NO. The standard InChI is InChI=1S/C15H25NO/c1-15(2)13(12-8-9-17-14(12)15)16-10-11-6-4-3-5-7-11/h3-4,11-14,16H,5-10H2,1-2H3. The van der Waals surface area contributed by atoms with Crippen LogP contribution in [0.1, 0.15) is 39.5 Å². The fraction of sp³-hybridized carbons (Fsp3) is 0.867. The fourth-order valence-corrected chi connectivity index (χ4v) is 4.07. The van der Waals surface area contributed by atoms with Crippen molar-refractivity contribution in [1.82, 2.24) is 5.32 Å². The third-order valence-corrected chi connectivity index (χ3v) is 5.10. The normalized spacial score (nSPS) is 43.2. The first-order valence-electron chi connectivity index (χ1n) is 7.19. The lowest BCUT2D eigenvalue weighted by atomic mass is 9.57. The number of hydrogen-bond donors (Lipinski definition) is 1. The van der Waals surface area contributed by atoms with Gasteiger partial charge in [-0.05, 0) is 38.1 Å². The molecule has 1 heterocycles. The van der Waals surface area contributed by atoms with Crippen molar-refractivity contribution < 1.29 is 4.74 Å². The van der Waals surface area contributed by atoms with Crippen LogP contribution in [0.25, 0.3) is 0 Å². The van der Waals surface area contributed by atoms with Crippen molar-refractivity contribution in [2.75, 3.05) is 13.2 Å². The predicted octanol–water partition coefficient (Wildman–Crippen LogP) is 2.75. The molecule has 2 heteroatoms. The Kier molecular flexibility index (Phi) is 3.04. The maximum Gasteiger partial charge on any atom is 0.0685 e. The summed E-state index contributed by atoms with van der Waals surface area (Å²) < 4.78 is 5.84. The number of ether oxygens (including phenoxy) is 1. The molecule has 1 saturated heterocycles. The van der Waals surface area contributed by atoms with Gasteiger partial charge in [-0.15, -0.1) is 0 Å². The Bertz CT molecular complexity index is 310. The molecule has 3 aliphatic rings. The van der Waals surface area contributed by atoms with Crippen LogP contribution in [-0.2, 0) is 4.74 Å². The largest absolute Gasteiger partial charge is 0.377 e. The van der Waals surface area contributed by atoms with E-state index < -0.39 is 0 Å². The molecule has 96 valence electrons. The fourth-order valence-electron chi connectivity index (χ4n) is 4.07. The Hall–Kier alpha value is -0.340. The summed E-state index contributed by atoms with van der Waals surface area (Å²) in [5.74, 6) is 1.64. The summed E-state index contributed by atoms with van der Waals surface area (Å²) in [6.45, 7) is 6.89. The third-order valence-electron chi connectivity index (χ3n) is 5.10. The molecule has 0 amide bonds. The van der Waals surface area contributed by atoms with E-state index in [9.17, 15) is 0 Å². The number of nitrogens with one attached hydrogen (secondary N) is 1. The van der Waals surface area contributed by atoms with Crippen molar-refractivity contribution in [3.05, 3.63) is 12.2 Å². The van der Waals surface area contributed by atoms with E-state index in [1.165, 1.54) is 32.2 Å². The number of hydrogen-bond acceptors (Lipinski definition) is 2. The van der Waals surface area contributed by atoms with Crippen LogP contribution in [0.3, 0.4) is 0 Å². The minimum Gasteiger partial charge on any atom is -0.377 e. The molecule has 3 rings (SSSR count). The Balaban J connectivity index is 1.53. The molecule has 1 N–H and O–H groups in total. The van der Waals surface area contributed by atoms with Crippen molar-refractivity contribution in [3.8, 4) is 0 Å². The van der Waals surface area contributed by atoms with E-state index in [-0.39, 0.29) is 0 Å². The van der Waals surface area contributed by atoms with Gasteiger partial charge in [0.15, 0.2) is 0 Å². The van der Waals surface area contributed by atoms with Gasteiger partial charge >= 0.3 is 0 Å². The summed E-state index contributed by atoms with van der Waals surface area (Å²) >= 11 is 0. The van der Waals surface area contributed by atoms with Crippen molar-refractivity contribution in [3.63, 3.8) is 0 Å². The molecule has 2 aliphatic carbocycles. The van der Waals surface area contributed by atoms with Crippen molar-refractivity contribution in [2.45, 2.75) is 51.7 Å². The summed E-state index contributed by atoms with van der Waals surface area (Å²) in [6.07, 6.45) is 10.4. The van der Waals surface area contributed by atoms with Crippen LogP contribution in [0.15, 0.2) is 12.2 Å². The lowest BCUT2D eigenvalue weighted by molar-refractivity contribution is -0.113. The molecule has 0 spiro atoms. The molecule has 0 aromatic heterocycles. The van der Waals surface area contributed by atoms with Gasteiger partial charge in [-0.3, -0.25) is 0 Å². The van der Waals surface area contributed by atoms with Gasteiger partial charge in [-0.1, -0.05) is 26.0 Å². The van der Waals surface area contributed by atoms with Crippen molar-refractivity contribution >= 4 is 0 Å². The maximum absolute atomic E-state index is 5.84. The maximum atomic E-state index is 5.84. The first-order valence-corrected chi connectivity index (χ1v) is 7.19. The molecule has 1 saturated carbocycles. The van der Waals surface area contributed by atoms with Crippen LogP contribution in [0.2, 0.25) is 0 Å². The molecule has 2 fully saturated rings. The first-order chi connectivity index (χ1) is 8.19. The molecule has 17 heavy (non-hydrogen) atoms. The van der Waals surface area contributed by atoms with Crippen LogP contribution < -0.4 is 5.32 Å². The zero-order valence-corrected chi connectivity index (χ0v) is 11.1. The Morgan fingerprint density at radius 1 is 1.29 bits per heavy atom. The SMILES string of the molecule is CC1(C)C(NCC2CC=CCC2)C2CCOC21. The highest BCUT2D eigenvalue weighted by Crippen LogP contribution is 2.52. The Morgan fingerprint density at radius 2 is 2.18 bits per heavy atom. The molecule has 4 unspecified atom stereocenters. The van der Waals surface area contributed by atoms with E-state index in [2.05, 4.69) is 31.3 Å². The molecule has 0 aromatic rings.